The summed E-state index contributed by atoms with van der Waals surface area (Å²) in [5.41, 5.74) is 16.3. The Kier molecular flexibility index (Phi) is 9.43. The molecule has 318 valence electrons. The molecule has 13 aromatic rings. The highest BCUT2D eigenvalue weighted by Crippen LogP contribution is 2.45. The fourth-order valence-corrected chi connectivity index (χ4v) is 9.85. The van der Waals surface area contributed by atoms with Crippen molar-refractivity contribution in [2.45, 2.75) is 0 Å². The molecule has 0 spiro atoms. The molecule has 68 heavy (non-hydrogen) atoms. The number of nitrogens with zero attached hydrogens (tertiary/aromatic N) is 4. The van der Waals surface area contributed by atoms with Crippen molar-refractivity contribution < 1.29 is 4.42 Å². The molecule has 5 heteroatoms. The third-order valence-corrected chi connectivity index (χ3v) is 13.1. The second kappa shape index (κ2) is 16.4. The quantitative estimate of drug-likeness (QED) is 0.153. The zero-order valence-electron chi connectivity index (χ0n) is 36.8. The Morgan fingerprint density at radius 1 is 0.279 bits per heavy atom. The maximum absolute atomic E-state index is 7.10. The molecule has 0 aliphatic rings. The SMILES string of the molecule is c1ccc(-c2ccc(-c3ccccc3)c(-c3ccc(-c4cccc5c4oc4cc6c(cc45)c4ccccc4n6-c4ccccc4)c(-c4nc(-c5ccccc5)nc(-c5ccccc5)n4)c3)c2)cc1. The predicted octanol–water partition coefficient (Wildman–Crippen LogP) is 16.5. The molecule has 0 unspecified atom stereocenters. The first-order chi connectivity index (χ1) is 33.7. The number of furan rings is 1. The Balaban J connectivity index is 1.08. The van der Waals surface area contributed by atoms with E-state index in [-0.39, 0.29) is 0 Å². The van der Waals surface area contributed by atoms with Crippen LogP contribution in [0.3, 0.4) is 0 Å². The maximum atomic E-state index is 7.10. The fraction of sp³-hybridized carbons (Fsp3) is 0. The summed E-state index contributed by atoms with van der Waals surface area (Å²) >= 11 is 0. The molecule has 0 aliphatic carbocycles. The lowest BCUT2D eigenvalue weighted by Crippen LogP contribution is -2.01. The van der Waals surface area contributed by atoms with Gasteiger partial charge in [0.25, 0.3) is 0 Å². The summed E-state index contributed by atoms with van der Waals surface area (Å²) in [6.07, 6.45) is 0. The molecule has 5 nitrogen and oxygen atoms in total. The molecule has 0 radical (unpaired) electrons. The lowest BCUT2D eigenvalue weighted by molar-refractivity contribution is 0.670. The zero-order chi connectivity index (χ0) is 45.0. The Morgan fingerprint density at radius 2 is 0.824 bits per heavy atom. The van der Waals surface area contributed by atoms with E-state index < -0.39 is 0 Å². The van der Waals surface area contributed by atoms with Gasteiger partial charge in [-0.25, -0.2) is 15.0 Å². The van der Waals surface area contributed by atoms with Crippen molar-refractivity contribution in [3.05, 3.63) is 243 Å². The second-order valence-corrected chi connectivity index (χ2v) is 17.1. The maximum Gasteiger partial charge on any atom is 0.164 e. The molecule has 0 bridgehead atoms. The molecule has 0 amide bonds. The number of aromatic nitrogens is 4. The van der Waals surface area contributed by atoms with Crippen LogP contribution in [-0.4, -0.2) is 19.5 Å². The third-order valence-electron chi connectivity index (χ3n) is 13.1. The molecule has 0 N–H and O–H groups in total. The molecule has 0 atom stereocenters. The largest absolute Gasteiger partial charge is 0.455 e. The van der Waals surface area contributed by atoms with Crippen LogP contribution in [0.4, 0.5) is 0 Å². The molecule has 13 rings (SSSR count). The van der Waals surface area contributed by atoms with Crippen molar-refractivity contribution in [2.75, 3.05) is 0 Å². The number of hydrogen-bond acceptors (Lipinski definition) is 4. The van der Waals surface area contributed by atoms with Crippen LogP contribution in [0.1, 0.15) is 0 Å². The Labute approximate surface area is 392 Å². The second-order valence-electron chi connectivity index (χ2n) is 17.1. The first kappa shape index (κ1) is 39.2. The zero-order valence-corrected chi connectivity index (χ0v) is 36.8. The average molecular weight is 869 g/mol. The summed E-state index contributed by atoms with van der Waals surface area (Å²) in [7, 11) is 0. The molecule has 0 saturated heterocycles. The van der Waals surface area contributed by atoms with E-state index in [2.05, 4.69) is 211 Å². The van der Waals surface area contributed by atoms with Gasteiger partial charge < -0.3 is 8.98 Å². The Bertz CT molecular complexity index is 3940. The van der Waals surface area contributed by atoms with Crippen LogP contribution in [0, 0.1) is 0 Å². The smallest absolute Gasteiger partial charge is 0.164 e. The minimum atomic E-state index is 0.567. The number of fused-ring (bicyclic) bond motifs is 6. The monoisotopic (exact) mass is 868 g/mol. The van der Waals surface area contributed by atoms with Crippen molar-refractivity contribution in [2.24, 2.45) is 0 Å². The van der Waals surface area contributed by atoms with Gasteiger partial charge in [0.1, 0.15) is 11.2 Å². The van der Waals surface area contributed by atoms with Crippen LogP contribution < -0.4 is 0 Å². The summed E-state index contributed by atoms with van der Waals surface area (Å²) in [6.45, 7) is 0. The van der Waals surface area contributed by atoms with E-state index in [9.17, 15) is 0 Å². The van der Waals surface area contributed by atoms with Crippen molar-refractivity contribution in [3.63, 3.8) is 0 Å². The van der Waals surface area contributed by atoms with Crippen molar-refractivity contribution >= 4 is 43.7 Å². The summed E-state index contributed by atoms with van der Waals surface area (Å²) in [4.78, 5) is 15.8. The van der Waals surface area contributed by atoms with Crippen LogP contribution in [0.25, 0.3) is 128 Å². The molecule has 10 aromatic carbocycles. The average Bonchev–Trinajstić information content (AvgIpc) is 3.96. The van der Waals surface area contributed by atoms with E-state index in [1.54, 1.807) is 0 Å². The predicted molar refractivity (Wildman–Crippen MR) is 279 cm³/mol. The molecule has 0 fully saturated rings. The standard InChI is InChI=1S/C63H40N4O/c1-6-19-41(20-7-1)45-33-35-48(42-21-8-2-9-22-42)53(37-45)46-34-36-49(56(38-46)63-65-61(43-23-10-3-11-24-43)64-62(66-63)44-25-12-4-13-26-44)51-30-18-31-52-55-39-54-50-29-16-17-32-57(50)67(47-27-14-5-15-28-47)58(54)40-59(55)68-60(51)52/h1-40H. The highest BCUT2D eigenvalue weighted by atomic mass is 16.3. The minimum Gasteiger partial charge on any atom is -0.455 e. The van der Waals surface area contributed by atoms with Gasteiger partial charge in [0.2, 0.25) is 0 Å². The number of rotatable bonds is 8. The third kappa shape index (κ3) is 6.76. The van der Waals surface area contributed by atoms with Gasteiger partial charge in [0.15, 0.2) is 17.5 Å². The van der Waals surface area contributed by atoms with Gasteiger partial charge in [-0.1, -0.05) is 200 Å². The van der Waals surface area contributed by atoms with Gasteiger partial charge in [-0.05, 0) is 75.3 Å². The van der Waals surface area contributed by atoms with Gasteiger partial charge in [0, 0.05) is 55.6 Å². The first-order valence-electron chi connectivity index (χ1n) is 22.9. The molecule has 0 aliphatic heterocycles. The van der Waals surface area contributed by atoms with E-state index in [4.69, 9.17) is 19.4 Å². The minimum absolute atomic E-state index is 0.567. The molecule has 3 aromatic heterocycles. The van der Waals surface area contributed by atoms with Crippen molar-refractivity contribution in [1.29, 1.82) is 0 Å². The van der Waals surface area contributed by atoms with E-state index in [1.807, 2.05) is 36.4 Å². The topological polar surface area (TPSA) is 56.7 Å². The van der Waals surface area contributed by atoms with Crippen molar-refractivity contribution in [3.8, 4) is 84.4 Å². The first-order valence-corrected chi connectivity index (χ1v) is 22.9. The molecule has 0 saturated carbocycles. The van der Waals surface area contributed by atoms with Gasteiger partial charge >= 0.3 is 0 Å². The highest BCUT2D eigenvalue weighted by Gasteiger charge is 2.23. The van der Waals surface area contributed by atoms with Gasteiger partial charge in [-0.2, -0.15) is 0 Å². The van der Waals surface area contributed by atoms with Gasteiger partial charge in [-0.3, -0.25) is 0 Å². The Morgan fingerprint density at radius 3 is 1.51 bits per heavy atom. The van der Waals surface area contributed by atoms with Crippen LogP contribution in [0.15, 0.2) is 247 Å². The van der Waals surface area contributed by atoms with E-state index in [0.717, 1.165) is 99.9 Å². The number of benzene rings is 10. The van der Waals surface area contributed by atoms with E-state index >= 15 is 0 Å². The van der Waals surface area contributed by atoms with E-state index in [1.165, 1.54) is 10.8 Å². The van der Waals surface area contributed by atoms with Crippen molar-refractivity contribution in [1.82, 2.24) is 19.5 Å². The van der Waals surface area contributed by atoms with Crippen LogP contribution in [0.5, 0.6) is 0 Å². The lowest BCUT2D eigenvalue weighted by Gasteiger charge is -2.17. The van der Waals surface area contributed by atoms with Crippen LogP contribution >= 0.6 is 0 Å². The molecule has 3 heterocycles. The molecular weight excluding hydrogens is 829 g/mol. The molecular formula is C63H40N4O. The normalized spacial score (nSPS) is 11.5. The summed E-state index contributed by atoms with van der Waals surface area (Å²) in [6, 6.07) is 85.2. The fourth-order valence-electron chi connectivity index (χ4n) is 9.85. The van der Waals surface area contributed by atoms with E-state index in [0.29, 0.717) is 17.5 Å². The lowest BCUT2D eigenvalue weighted by atomic mass is 9.88. The summed E-state index contributed by atoms with van der Waals surface area (Å²) in [5, 5.41) is 4.47. The number of para-hydroxylation sites is 3. The van der Waals surface area contributed by atoms with Crippen LogP contribution in [0.2, 0.25) is 0 Å². The number of hydrogen-bond donors (Lipinski definition) is 0. The van der Waals surface area contributed by atoms with Crippen LogP contribution in [-0.2, 0) is 0 Å². The van der Waals surface area contributed by atoms with Gasteiger partial charge in [0.05, 0.1) is 11.0 Å². The summed E-state index contributed by atoms with van der Waals surface area (Å²) < 4.78 is 9.43. The van der Waals surface area contributed by atoms with Gasteiger partial charge in [-0.15, -0.1) is 0 Å². The Hall–Kier alpha value is -9.19. The highest BCUT2D eigenvalue weighted by molar-refractivity contribution is 6.19. The summed E-state index contributed by atoms with van der Waals surface area (Å²) in [5.74, 6) is 1.76.